The molecule has 0 bridgehead atoms. The fourth-order valence-corrected chi connectivity index (χ4v) is 2.10. The highest BCUT2D eigenvalue weighted by Crippen LogP contribution is 2.27. The first-order valence-corrected chi connectivity index (χ1v) is 6.07. The van der Waals surface area contributed by atoms with Crippen molar-refractivity contribution in [3.63, 3.8) is 0 Å². The molecule has 0 unspecified atom stereocenters. The van der Waals surface area contributed by atoms with Crippen LogP contribution in [0.1, 0.15) is 38.9 Å². The minimum absolute atomic E-state index is 0.0278. The maximum Gasteiger partial charge on any atom is 0.227 e. The fourth-order valence-electron chi connectivity index (χ4n) is 2.10. The van der Waals surface area contributed by atoms with Crippen molar-refractivity contribution >= 4 is 0 Å². The van der Waals surface area contributed by atoms with Gasteiger partial charge in [0.1, 0.15) is 6.61 Å². The molecule has 0 spiro atoms. The first kappa shape index (κ1) is 13.8. The number of nitrogens with zero attached hydrogens (tertiary/aromatic N) is 1. The highest BCUT2D eigenvalue weighted by atomic mass is 16.3. The number of aliphatic hydroxyl groups excluding tert-OH is 1. The Labute approximate surface area is 102 Å². The summed E-state index contributed by atoms with van der Waals surface area (Å²) < 4.78 is 1.86. The van der Waals surface area contributed by atoms with Crippen molar-refractivity contribution in [2.45, 2.75) is 39.7 Å². The van der Waals surface area contributed by atoms with Crippen LogP contribution in [0.3, 0.4) is 0 Å². The van der Waals surface area contributed by atoms with Crippen molar-refractivity contribution in [3.8, 4) is 11.5 Å². The Hall–Kier alpha value is -1.29. The largest absolute Gasteiger partial charge is 0.504 e. The third-order valence-electron chi connectivity index (χ3n) is 2.90. The van der Waals surface area contributed by atoms with E-state index in [2.05, 4.69) is 13.8 Å². The molecule has 0 saturated heterocycles. The molecule has 0 amide bonds. The normalized spacial score (nSPS) is 13.0. The SMILES string of the molecule is CCc1c(O)c(O)cc[n+]1[C@H](CO)CC(C)C. The summed E-state index contributed by atoms with van der Waals surface area (Å²) >= 11 is 0. The average molecular weight is 240 g/mol. The summed E-state index contributed by atoms with van der Waals surface area (Å²) in [5.41, 5.74) is 0.657. The van der Waals surface area contributed by atoms with Crippen molar-refractivity contribution in [2.24, 2.45) is 5.92 Å². The van der Waals surface area contributed by atoms with E-state index >= 15 is 0 Å². The van der Waals surface area contributed by atoms with Gasteiger partial charge in [-0.2, -0.15) is 4.57 Å². The number of pyridine rings is 1. The molecule has 4 nitrogen and oxygen atoms in total. The van der Waals surface area contributed by atoms with Gasteiger partial charge in [-0.15, -0.1) is 0 Å². The molecule has 0 saturated carbocycles. The minimum Gasteiger partial charge on any atom is -0.504 e. The second kappa shape index (κ2) is 5.87. The molecule has 0 aromatic carbocycles. The van der Waals surface area contributed by atoms with Crippen molar-refractivity contribution in [1.29, 1.82) is 0 Å². The number of aromatic nitrogens is 1. The summed E-state index contributed by atoms with van der Waals surface area (Å²) in [5, 5.41) is 28.7. The minimum atomic E-state index is -0.112. The van der Waals surface area contributed by atoms with Crippen LogP contribution in [0.25, 0.3) is 0 Å². The zero-order valence-corrected chi connectivity index (χ0v) is 10.7. The zero-order valence-electron chi connectivity index (χ0n) is 10.7. The molecule has 0 radical (unpaired) electrons. The summed E-state index contributed by atoms with van der Waals surface area (Å²) in [7, 11) is 0. The predicted molar refractivity (Wildman–Crippen MR) is 64.9 cm³/mol. The van der Waals surface area contributed by atoms with E-state index in [1.54, 1.807) is 6.20 Å². The maximum atomic E-state index is 9.80. The molecular weight excluding hydrogens is 218 g/mol. The first-order valence-electron chi connectivity index (χ1n) is 6.07. The van der Waals surface area contributed by atoms with E-state index in [0.29, 0.717) is 18.0 Å². The van der Waals surface area contributed by atoms with E-state index in [9.17, 15) is 15.3 Å². The van der Waals surface area contributed by atoms with E-state index in [-0.39, 0.29) is 24.1 Å². The zero-order chi connectivity index (χ0) is 13.0. The van der Waals surface area contributed by atoms with E-state index in [0.717, 1.165) is 6.42 Å². The van der Waals surface area contributed by atoms with Gasteiger partial charge in [0.25, 0.3) is 0 Å². The second-order valence-corrected chi connectivity index (χ2v) is 4.72. The van der Waals surface area contributed by atoms with E-state index < -0.39 is 0 Å². The third kappa shape index (κ3) is 3.09. The van der Waals surface area contributed by atoms with E-state index in [1.165, 1.54) is 6.07 Å². The standard InChI is InChI=1S/C13H21NO3/c1-4-11-13(17)12(16)5-6-14(11)10(8-15)7-9(2)3/h5-6,9-10,15,17H,4,7-8H2,1-3H3/p+1/t10-/m0/s1. The summed E-state index contributed by atoms with van der Waals surface area (Å²) in [5.74, 6) is 0.261. The number of aliphatic hydroxyl groups is 1. The number of hydrogen-bond acceptors (Lipinski definition) is 3. The molecule has 1 rings (SSSR count). The predicted octanol–water partition coefficient (Wildman–Crippen LogP) is 1.53. The Morgan fingerprint density at radius 1 is 1.29 bits per heavy atom. The molecule has 4 heteroatoms. The lowest BCUT2D eigenvalue weighted by atomic mass is 10.0. The highest BCUT2D eigenvalue weighted by Gasteiger charge is 2.26. The number of rotatable bonds is 5. The molecule has 0 aliphatic rings. The van der Waals surface area contributed by atoms with Crippen LogP contribution in [-0.2, 0) is 6.42 Å². The first-order chi connectivity index (χ1) is 8.01. The average Bonchev–Trinajstić information content (AvgIpc) is 2.29. The number of aromatic hydroxyl groups is 2. The number of hydrogen-bond donors (Lipinski definition) is 3. The van der Waals surface area contributed by atoms with E-state index in [4.69, 9.17) is 0 Å². The van der Waals surface area contributed by atoms with Gasteiger partial charge in [0.2, 0.25) is 11.4 Å². The molecule has 3 N–H and O–H groups in total. The fraction of sp³-hybridized carbons (Fsp3) is 0.615. The van der Waals surface area contributed by atoms with E-state index in [1.807, 2.05) is 11.5 Å². The van der Waals surface area contributed by atoms with Gasteiger partial charge in [-0.25, -0.2) is 0 Å². The molecule has 1 atom stereocenters. The lowest BCUT2D eigenvalue weighted by molar-refractivity contribution is -0.732. The Kier molecular flexibility index (Phi) is 4.75. The van der Waals surface area contributed by atoms with Crippen molar-refractivity contribution < 1.29 is 19.9 Å². The molecule has 0 aliphatic carbocycles. The lowest BCUT2D eigenvalue weighted by Crippen LogP contribution is -2.45. The molecule has 1 aromatic heterocycles. The molecule has 0 aliphatic heterocycles. The van der Waals surface area contributed by atoms with Gasteiger partial charge in [-0.05, 0) is 5.92 Å². The Morgan fingerprint density at radius 3 is 2.41 bits per heavy atom. The topological polar surface area (TPSA) is 64.6 Å². The molecular formula is C13H22NO3+. The summed E-state index contributed by atoms with van der Waals surface area (Å²) in [6, 6.07) is 1.40. The Morgan fingerprint density at radius 2 is 1.94 bits per heavy atom. The maximum absolute atomic E-state index is 9.80. The Balaban J connectivity index is 3.14. The van der Waals surface area contributed by atoms with Crippen LogP contribution < -0.4 is 4.57 Å². The quantitative estimate of drug-likeness (QED) is 0.684. The van der Waals surface area contributed by atoms with Crippen LogP contribution in [0.5, 0.6) is 11.5 Å². The van der Waals surface area contributed by atoms with Gasteiger partial charge in [-0.3, -0.25) is 0 Å². The van der Waals surface area contributed by atoms with Gasteiger partial charge in [0, 0.05) is 18.9 Å². The van der Waals surface area contributed by atoms with Gasteiger partial charge >= 0.3 is 0 Å². The van der Waals surface area contributed by atoms with Crippen molar-refractivity contribution in [1.82, 2.24) is 0 Å². The molecule has 17 heavy (non-hydrogen) atoms. The van der Waals surface area contributed by atoms with Crippen molar-refractivity contribution in [2.75, 3.05) is 6.61 Å². The summed E-state index contributed by atoms with van der Waals surface area (Å²) in [4.78, 5) is 0. The summed E-state index contributed by atoms with van der Waals surface area (Å²) in [6.45, 7) is 6.12. The molecule has 1 heterocycles. The summed E-state index contributed by atoms with van der Waals surface area (Å²) in [6.07, 6.45) is 3.16. The van der Waals surface area contributed by atoms with Crippen LogP contribution >= 0.6 is 0 Å². The molecule has 1 aromatic rings. The third-order valence-corrected chi connectivity index (χ3v) is 2.90. The monoisotopic (exact) mass is 240 g/mol. The van der Waals surface area contributed by atoms with Crippen LogP contribution in [0.4, 0.5) is 0 Å². The smallest absolute Gasteiger partial charge is 0.227 e. The lowest BCUT2D eigenvalue weighted by Gasteiger charge is -2.15. The van der Waals surface area contributed by atoms with Gasteiger partial charge in [0.15, 0.2) is 18.0 Å². The molecule has 96 valence electrons. The van der Waals surface area contributed by atoms with Gasteiger partial charge < -0.3 is 15.3 Å². The van der Waals surface area contributed by atoms with Crippen LogP contribution in [0, 0.1) is 5.92 Å². The van der Waals surface area contributed by atoms with Crippen LogP contribution in [-0.4, -0.2) is 21.9 Å². The second-order valence-electron chi connectivity index (χ2n) is 4.72. The van der Waals surface area contributed by atoms with Crippen molar-refractivity contribution in [3.05, 3.63) is 18.0 Å². The van der Waals surface area contributed by atoms with Crippen LogP contribution in [0.15, 0.2) is 12.3 Å². The highest BCUT2D eigenvalue weighted by molar-refractivity contribution is 5.37. The molecule has 0 fully saturated rings. The van der Waals surface area contributed by atoms with Crippen LogP contribution in [0.2, 0.25) is 0 Å². The van der Waals surface area contributed by atoms with Gasteiger partial charge in [0.05, 0.1) is 0 Å². The van der Waals surface area contributed by atoms with Gasteiger partial charge in [-0.1, -0.05) is 20.8 Å². The Bertz CT molecular complexity index is 377.